The van der Waals surface area contributed by atoms with Gasteiger partial charge in [0.1, 0.15) is 29.2 Å². The van der Waals surface area contributed by atoms with E-state index in [-0.39, 0.29) is 11.6 Å². The van der Waals surface area contributed by atoms with Crippen LogP contribution in [0.25, 0.3) is 0 Å². The number of benzene rings is 2. The monoisotopic (exact) mass is 505 g/mol. The minimum absolute atomic E-state index is 0.124. The fourth-order valence-electron chi connectivity index (χ4n) is 4.54. The van der Waals surface area contributed by atoms with Crippen molar-refractivity contribution in [1.82, 2.24) is 14.3 Å². The Morgan fingerprint density at radius 3 is 2.75 bits per heavy atom. The fourth-order valence-corrected chi connectivity index (χ4v) is 5.78. The van der Waals surface area contributed by atoms with Gasteiger partial charge in [0.15, 0.2) is 0 Å². The van der Waals surface area contributed by atoms with Crippen LogP contribution in [-0.2, 0) is 11.0 Å². The van der Waals surface area contributed by atoms with Crippen molar-refractivity contribution in [3.63, 3.8) is 0 Å². The van der Waals surface area contributed by atoms with Crippen molar-refractivity contribution < 1.29 is 13.7 Å². The molecular weight excluding hydrogens is 478 g/mol. The molecule has 0 spiro atoms. The highest BCUT2D eigenvalue weighted by Crippen LogP contribution is 2.38. The number of carbonyl (C=O) groups excluding carboxylic acids is 1. The summed E-state index contributed by atoms with van der Waals surface area (Å²) in [6, 6.07) is 15.9. The first-order chi connectivity index (χ1) is 17.5. The predicted molar refractivity (Wildman–Crippen MR) is 138 cm³/mol. The van der Waals surface area contributed by atoms with Crippen LogP contribution in [0.5, 0.6) is 5.75 Å². The molecule has 0 bridgehead atoms. The molecule has 6 rings (SSSR count). The highest BCUT2D eigenvalue weighted by atomic mass is 32.2. The van der Waals surface area contributed by atoms with E-state index in [0.29, 0.717) is 37.5 Å². The first kappa shape index (κ1) is 22.7. The first-order valence-electron chi connectivity index (χ1n) is 12.0. The number of nitrogens with two attached hydrogens (primary N) is 1. The molecule has 1 aliphatic carbocycles. The zero-order chi connectivity index (χ0) is 24.6. The topological polar surface area (TPSA) is 126 Å². The molecule has 1 aromatic heterocycles. The number of carbonyl (C=O) groups is 1. The molecule has 10 nitrogen and oxygen atoms in total. The number of anilines is 4. The summed E-state index contributed by atoms with van der Waals surface area (Å²) in [6.45, 7) is 2.64. The number of fused-ring (bicyclic) bond motifs is 3. The number of rotatable bonds is 7. The van der Waals surface area contributed by atoms with E-state index < -0.39 is 16.9 Å². The number of aromatic nitrogens is 2. The van der Waals surface area contributed by atoms with E-state index in [1.165, 1.54) is 6.20 Å². The standard InChI is InChI=1S/C25H27N7O3S/c26-23(33)20-13-27-25(30-24(20)28-16-6-7-16)29-17-8-9-21-22(12-17)35-15-18-14-31(10-11-32(18)21)36(34)19-4-2-1-3-5-19/h1-5,8-9,12-13,16,18H,6-7,10-11,14-15H2,(H2,26,33)(H2,27,28,29,30)/t18-,36?/m1/s1. The zero-order valence-electron chi connectivity index (χ0n) is 19.6. The number of hydrogen-bond donors (Lipinski definition) is 3. The predicted octanol–water partition coefficient (Wildman–Crippen LogP) is 2.50. The average molecular weight is 506 g/mol. The van der Waals surface area contributed by atoms with E-state index in [4.69, 9.17) is 10.5 Å². The maximum absolute atomic E-state index is 13.0. The van der Waals surface area contributed by atoms with Crippen LogP contribution in [0.15, 0.2) is 59.6 Å². The van der Waals surface area contributed by atoms with Gasteiger partial charge in [0.2, 0.25) is 5.95 Å². The van der Waals surface area contributed by atoms with Crippen molar-refractivity contribution in [3.8, 4) is 5.75 Å². The van der Waals surface area contributed by atoms with Crippen LogP contribution in [0.2, 0.25) is 0 Å². The lowest BCUT2D eigenvalue weighted by Crippen LogP contribution is -2.57. The SMILES string of the molecule is NC(=O)c1cnc(Nc2ccc3c(c2)OC[C@H]2CN(S(=O)c4ccccc4)CCN32)nc1NC1CC1. The van der Waals surface area contributed by atoms with Crippen LogP contribution in [-0.4, -0.2) is 62.7 Å². The molecule has 3 aliphatic rings. The second-order valence-electron chi connectivity index (χ2n) is 9.15. The molecule has 36 heavy (non-hydrogen) atoms. The molecule has 2 aromatic carbocycles. The van der Waals surface area contributed by atoms with E-state index in [1.54, 1.807) is 0 Å². The number of nitrogens with one attached hydrogen (secondary N) is 2. The molecule has 3 heterocycles. The second-order valence-corrected chi connectivity index (χ2v) is 10.6. The molecule has 4 N–H and O–H groups in total. The third kappa shape index (κ3) is 4.59. The Labute approximate surface area is 211 Å². The number of amides is 1. The fraction of sp³-hybridized carbons (Fsp3) is 0.320. The van der Waals surface area contributed by atoms with Crippen LogP contribution in [0, 0.1) is 0 Å². The normalized spacial score (nSPS) is 20.0. The molecule has 1 amide bonds. The zero-order valence-corrected chi connectivity index (χ0v) is 20.4. The summed E-state index contributed by atoms with van der Waals surface area (Å²) in [7, 11) is -1.18. The average Bonchev–Trinajstić information content (AvgIpc) is 3.72. The molecule has 2 atom stereocenters. The minimum atomic E-state index is -1.18. The van der Waals surface area contributed by atoms with E-state index >= 15 is 0 Å². The number of ether oxygens (including phenoxy) is 1. The summed E-state index contributed by atoms with van der Waals surface area (Å²) in [4.78, 5) is 23.6. The summed E-state index contributed by atoms with van der Waals surface area (Å²) >= 11 is 0. The Kier molecular flexibility index (Phi) is 5.94. The highest BCUT2D eigenvalue weighted by molar-refractivity contribution is 7.82. The van der Waals surface area contributed by atoms with Gasteiger partial charge >= 0.3 is 0 Å². The van der Waals surface area contributed by atoms with Gasteiger partial charge in [0.05, 0.1) is 22.2 Å². The summed E-state index contributed by atoms with van der Waals surface area (Å²) < 4.78 is 21.1. The maximum Gasteiger partial charge on any atom is 0.254 e. The van der Waals surface area contributed by atoms with E-state index in [0.717, 1.165) is 41.4 Å². The van der Waals surface area contributed by atoms with Gasteiger partial charge in [-0.1, -0.05) is 18.2 Å². The summed E-state index contributed by atoms with van der Waals surface area (Å²) in [5.41, 5.74) is 7.55. The van der Waals surface area contributed by atoms with Gasteiger partial charge in [0, 0.05) is 43.6 Å². The van der Waals surface area contributed by atoms with Crippen molar-refractivity contribution in [2.24, 2.45) is 5.73 Å². The largest absolute Gasteiger partial charge is 0.489 e. The third-order valence-corrected chi connectivity index (χ3v) is 8.03. The van der Waals surface area contributed by atoms with Gasteiger partial charge in [-0.15, -0.1) is 0 Å². The smallest absolute Gasteiger partial charge is 0.254 e. The molecule has 1 saturated carbocycles. The first-order valence-corrected chi connectivity index (χ1v) is 13.1. The molecule has 0 radical (unpaired) electrons. The van der Waals surface area contributed by atoms with E-state index in [1.807, 2.05) is 52.8 Å². The molecule has 1 unspecified atom stereocenters. The van der Waals surface area contributed by atoms with Gasteiger partial charge < -0.3 is 26.0 Å². The van der Waals surface area contributed by atoms with Crippen molar-refractivity contribution >= 4 is 40.0 Å². The number of primary amides is 1. The van der Waals surface area contributed by atoms with Crippen LogP contribution >= 0.6 is 0 Å². The van der Waals surface area contributed by atoms with Crippen LogP contribution in [0.3, 0.4) is 0 Å². The minimum Gasteiger partial charge on any atom is -0.489 e. The molecule has 11 heteroatoms. The molecule has 186 valence electrons. The Morgan fingerprint density at radius 2 is 1.97 bits per heavy atom. The number of hydrogen-bond acceptors (Lipinski definition) is 8. The highest BCUT2D eigenvalue weighted by Gasteiger charge is 2.35. The molecule has 3 aromatic rings. The second kappa shape index (κ2) is 9.40. The molecule has 1 saturated heterocycles. The molecule has 2 fully saturated rings. The Bertz CT molecular complexity index is 1320. The lowest BCUT2D eigenvalue weighted by Gasteiger charge is -2.45. The Hall–Kier alpha value is -3.70. The van der Waals surface area contributed by atoms with E-state index in [2.05, 4.69) is 25.5 Å². The van der Waals surface area contributed by atoms with Gasteiger partial charge in [-0.25, -0.2) is 13.5 Å². The molecular formula is C25H27N7O3S. The number of piperazine rings is 1. The number of nitrogens with zero attached hydrogens (tertiary/aromatic N) is 4. The Morgan fingerprint density at radius 1 is 1.14 bits per heavy atom. The van der Waals surface area contributed by atoms with Crippen LogP contribution < -0.4 is 26.0 Å². The van der Waals surface area contributed by atoms with Crippen LogP contribution in [0.4, 0.5) is 23.1 Å². The summed E-state index contributed by atoms with van der Waals surface area (Å²) in [5, 5.41) is 6.45. The lowest BCUT2D eigenvalue weighted by atomic mass is 10.1. The molecule has 2 aliphatic heterocycles. The third-order valence-electron chi connectivity index (χ3n) is 6.55. The lowest BCUT2D eigenvalue weighted by molar-refractivity contribution is 0.100. The van der Waals surface area contributed by atoms with Crippen LogP contribution in [0.1, 0.15) is 23.2 Å². The van der Waals surface area contributed by atoms with Gasteiger partial charge in [-0.05, 0) is 37.1 Å². The quantitative estimate of drug-likeness (QED) is 0.447. The van der Waals surface area contributed by atoms with Crippen molar-refractivity contribution in [2.75, 3.05) is 41.8 Å². The maximum atomic E-state index is 13.0. The van der Waals surface area contributed by atoms with Crippen molar-refractivity contribution in [1.29, 1.82) is 0 Å². The van der Waals surface area contributed by atoms with Crippen molar-refractivity contribution in [3.05, 3.63) is 60.3 Å². The summed E-state index contributed by atoms with van der Waals surface area (Å²) in [6.07, 6.45) is 3.54. The van der Waals surface area contributed by atoms with Crippen molar-refractivity contribution in [2.45, 2.75) is 29.8 Å². The van der Waals surface area contributed by atoms with Gasteiger partial charge in [-0.2, -0.15) is 4.98 Å². The summed E-state index contributed by atoms with van der Waals surface area (Å²) in [5.74, 6) is 1.03. The van der Waals surface area contributed by atoms with E-state index in [9.17, 15) is 9.00 Å². The van der Waals surface area contributed by atoms with Gasteiger partial charge in [-0.3, -0.25) is 4.79 Å². The van der Waals surface area contributed by atoms with Gasteiger partial charge in [0.25, 0.3) is 5.91 Å². The Balaban J connectivity index is 1.16.